The van der Waals surface area contributed by atoms with Crippen molar-refractivity contribution in [1.82, 2.24) is 19.9 Å². The number of hydrogen-bond acceptors (Lipinski definition) is 5. The predicted molar refractivity (Wildman–Crippen MR) is 111 cm³/mol. The molecule has 0 radical (unpaired) electrons. The summed E-state index contributed by atoms with van der Waals surface area (Å²) >= 11 is 9.46. The van der Waals surface area contributed by atoms with Crippen molar-refractivity contribution in [3.8, 4) is 0 Å². The maximum Gasteiger partial charge on any atom is 0.240 e. The fourth-order valence-corrected chi connectivity index (χ4v) is 3.12. The van der Waals surface area contributed by atoms with Gasteiger partial charge in [0.2, 0.25) is 5.91 Å². The molecule has 3 N–H and O–H groups in total. The number of amides is 1. The van der Waals surface area contributed by atoms with E-state index < -0.39 is 11.6 Å². The lowest BCUT2D eigenvalue weighted by molar-refractivity contribution is -0.126. The van der Waals surface area contributed by atoms with Gasteiger partial charge >= 0.3 is 0 Å². The van der Waals surface area contributed by atoms with Crippen molar-refractivity contribution in [3.63, 3.8) is 0 Å². The van der Waals surface area contributed by atoms with Crippen LogP contribution in [0.3, 0.4) is 0 Å². The number of nitrogens with zero attached hydrogens (tertiary/aromatic N) is 3. The maximum absolute atomic E-state index is 12.5. The molecule has 1 amide bonds. The van der Waals surface area contributed by atoms with Crippen LogP contribution in [0.5, 0.6) is 0 Å². The molecule has 0 aliphatic heterocycles. The Labute approximate surface area is 176 Å². The molecule has 1 atom stereocenters. The molecule has 0 aliphatic rings. The fourth-order valence-electron chi connectivity index (χ4n) is 2.57. The van der Waals surface area contributed by atoms with Gasteiger partial charge in [-0.3, -0.25) is 9.20 Å². The minimum Gasteiger partial charge on any atom is -0.374 e. The first-order valence-electron chi connectivity index (χ1n) is 8.66. The zero-order valence-corrected chi connectivity index (χ0v) is 17.9. The van der Waals surface area contributed by atoms with Crippen LogP contribution < -0.4 is 11.1 Å². The molecule has 0 spiro atoms. The molecule has 0 unspecified atom stereocenters. The fraction of sp³-hybridized carbons (Fsp3) is 0.316. The second kappa shape index (κ2) is 8.57. The Morgan fingerprint density at radius 3 is 2.86 bits per heavy atom. The van der Waals surface area contributed by atoms with Gasteiger partial charge in [0.05, 0.1) is 18.8 Å². The highest BCUT2D eigenvalue weighted by molar-refractivity contribution is 9.10. The summed E-state index contributed by atoms with van der Waals surface area (Å²) in [6.07, 6.45) is 1.84. The van der Waals surface area contributed by atoms with Gasteiger partial charge in [-0.15, -0.1) is 10.2 Å². The zero-order chi connectivity index (χ0) is 20.3. The lowest BCUT2D eigenvalue weighted by atomic mass is 10.1. The molecule has 7 nitrogen and oxygen atoms in total. The summed E-state index contributed by atoms with van der Waals surface area (Å²) in [5.74, 6) is 0.246. The van der Waals surface area contributed by atoms with Crippen LogP contribution in [-0.4, -0.2) is 32.7 Å². The number of carbonyl (C=O) groups excluding carboxylic acids is 1. The van der Waals surface area contributed by atoms with Crippen LogP contribution in [0.4, 0.5) is 0 Å². The summed E-state index contributed by atoms with van der Waals surface area (Å²) in [6.45, 7) is 3.83. The minimum atomic E-state index is -1.04. The van der Waals surface area contributed by atoms with E-state index in [1.807, 2.05) is 36.5 Å². The van der Waals surface area contributed by atoms with Crippen LogP contribution in [0.2, 0.25) is 5.02 Å². The highest BCUT2D eigenvalue weighted by Gasteiger charge is 2.28. The van der Waals surface area contributed by atoms with Gasteiger partial charge in [-0.05, 0) is 59.6 Å². The number of ether oxygens (including phenoxy) is 1. The molecule has 3 aromatic rings. The zero-order valence-electron chi connectivity index (χ0n) is 15.5. The summed E-state index contributed by atoms with van der Waals surface area (Å²) in [7, 11) is 0. The Kier molecular flexibility index (Phi) is 6.34. The van der Waals surface area contributed by atoms with Crippen molar-refractivity contribution in [1.29, 1.82) is 0 Å². The van der Waals surface area contributed by atoms with E-state index in [-0.39, 0.29) is 12.5 Å². The number of hydrogen-bond donors (Lipinski definition) is 2. The first kappa shape index (κ1) is 20.7. The maximum atomic E-state index is 12.5. The number of rotatable bonds is 7. The van der Waals surface area contributed by atoms with Crippen LogP contribution in [0.1, 0.15) is 31.3 Å². The van der Waals surface area contributed by atoms with Crippen molar-refractivity contribution < 1.29 is 9.53 Å². The van der Waals surface area contributed by atoms with Crippen molar-refractivity contribution in [2.75, 3.05) is 6.61 Å². The Morgan fingerprint density at radius 1 is 1.36 bits per heavy atom. The number of nitrogens with two attached hydrogens (primary N) is 1. The first-order chi connectivity index (χ1) is 13.2. The van der Waals surface area contributed by atoms with Crippen molar-refractivity contribution in [2.45, 2.75) is 32.0 Å². The summed E-state index contributed by atoms with van der Waals surface area (Å²) in [5, 5.41) is 12.0. The highest BCUT2D eigenvalue weighted by Crippen LogP contribution is 2.19. The summed E-state index contributed by atoms with van der Waals surface area (Å²) < 4.78 is 8.52. The lowest BCUT2D eigenvalue weighted by Gasteiger charge is -2.23. The standard InChI is InChI=1S/C19H21BrClN5O2/c1-19(2,22)18(27)23-15(11-28-10-12-4-3-5-14(21)8-12)17-25-24-16-7-6-13(20)9-26(16)17/h3-9,15H,10-11,22H2,1-2H3,(H,23,27)/t15-/m1/s1. The summed E-state index contributed by atoms with van der Waals surface area (Å²) in [4.78, 5) is 12.5. The molecule has 0 saturated heterocycles. The quantitative estimate of drug-likeness (QED) is 0.557. The van der Waals surface area contributed by atoms with E-state index in [1.54, 1.807) is 24.3 Å². The average Bonchev–Trinajstić information content (AvgIpc) is 3.03. The van der Waals surface area contributed by atoms with Crippen molar-refractivity contribution >= 4 is 39.1 Å². The van der Waals surface area contributed by atoms with E-state index in [0.29, 0.717) is 23.1 Å². The normalized spacial score (nSPS) is 12.9. The molecular weight excluding hydrogens is 446 g/mol. The third-order valence-corrected chi connectivity index (χ3v) is 4.74. The van der Waals surface area contributed by atoms with Gasteiger partial charge in [0, 0.05) is 15.7 Å². The smallest absolute Gasteiger partial charge is 0.240 e. The van der Waals surface area contributed by atoms with Gasteiger partial charge in [-0.25, -0.2) is 0 Å². The predicted octanol–water partition coefficient (Wildman–Crippen LogP) is 3.26. The topological polar surface area (TPSA) is 94.5 Å². The van der Waals surface area contributed by atoms with Crippen LogP contribution in [0.25, 0.3) is 5.65 Å². The summed E-state index contributed by atoms with van der Waals surface area (Å²) in [5.41, 5.74) is 6.50. The van der Waals surface area contributed by atoms with Crippen LogP contribution in [-0.2, 0) is 16.1 Å². The van der Waals surface area contributed by atoms with Gasteiger partial charge in [0.25, 0.3) is 0 Å². The number of pyridine rings is 1. The van der Waals surface area contributed by atoms with Gasteiger partial charge < -0.3 is 15.8 Å². The van der Waals surface area contributed by atoms with E-state index in [4.69, 9.17) is 22.1 Å². The van der Waals surface area contributed by atoms with Crippen molar-refractivity contribution in [2.24, 2.45) is 5.73 Å². The molecule has 28 heavy (non-hydrogen) atoms. The van der Waals surface area contributed by atoms with Gasteiger partial charge in [0.1, 0.15) is 6.04 Å². The van der Waals surface area contributed by atoms with Gasteiger partial charge in [0.15, 0.2) is 11.5 Å². The largest absolute Gasteiger partial charge is 0.374 e. The molecule has 0 saturated carbocycles. The number of aromatic nitrogens is 3. The monoisotopic (exact) mass is 465 g/mol. The molecule has 0 fully saturated rings. The molecule has 3 rings (SSSR count). The third kappa shape index (κ3) is 5.08. The van der Waals surface area contributed by atoms with Gasteiger partial charge in [-0.2, -0.15) is 0 Å². The number of benzene rings is 1. The Morgan fingerprint density at radius 2 is 2.14 bits per heavy atom. The molecule has 0 bridgehead atoms. The van der Waals surface area contributed by atoms with Crippen molar-refractivity contribution in [3.05, 3.63) is 63.5 Å². The number of carbonyl (C=O) groups is 1. The van der Waals surface area contributed by atoms with Crippen LogP contribution in [0.15, 0.2) is 47.1 Å². The third-order valence-electron chi connectivity index (χ3n) is 4.04. The Balaban J connectivity index is 1.82. The van der Waals surface area contributed by atoms with E-state index in [9.17, 15) is 4.79 Å². The van der Waals surface area contributed by atoms with Crippen LogP contribution in [0, 0.1) is 0 Å². The minimum absolute atomic E-state index is 0.196. The molecular formula is C19H21BrClN5O2. The second-order valence-electron chi connectivity index (χ2n) is 7.03. The molecule has 2 aromatic heterocycles. The lowest BCUT2D eigenvalue weighted by Crippen LogP contribution is -2.50. The number of nitrogens with one attached hydrogen (secondary N) is 1. The molecule has 2 heterocycles. The number of fused-ring (bicyclic) bond motifs is 1. The number of halogens is 2. The summed E-state index contributed by atoms with van der Waals surface area (Å²) in [6, 6.07) is 10.6. The van der Waals surface area contributed by atoms with E-state index in [0.717, 1.165) is 10.0 Å². The van der Waals surface area contributed by atoms with E-state index in [1.165, 1.54) is 0 Å². The Hall–Kier alpha value is -2.00. The Bertz CT molecular complexity index is 986. The van der Waals surface area contributed by atoms with E-state index >= 15 is 0 Å². The SMILES string of the molecule is CC(C)(N)C(=O)N[C@H](COCc1cccc(Cl)c1)c1nnc2ccc(Br)cn12. The average molecular weight is 467 g/mol. The van der Waals surface area contributed by atoms with Crippen LogP contribution >= 0.6 is 27.5 Å². The van der Waals surface area contributed by atoms with E-state index in [2.05, 4.69) is 31.4 Å². The first-order valence-corrected chi connectivity index (χ1v) is 9.83. The molecule has 0 aliphatic carbocycles. The molecule has 1 aromatic carbocycles. The highest BCUT2D eigenvalue weighted by atomic mass is 79.9. The molecule has 9 heteroatoms. The van der Waals surface area contributed by atoms with Gasteiger partial charge in [-0.1, -0.05) is 23.7 Å². The molecule has 148 valence electrons. The second-order valence-corrected chi connectivity index (χ2v) is 8.38.